The highest BCUT2D eigenvalue weighted by Crippen LogP contribution is 2.30. The Morgan fingerprint density at radius 1 is 1.39 bits per heavy atom. The molecule has 4 nitrogen and oxygen atoms in total. The standard InChI is InChI=1S/C13H15FO4/c14-11-7-9(3-4-10(11)12(15)16)18-8-13(17)5-1-2-6-13/h3-4,7,17H,1-2,5-6,8H2,(H,15,16). The van der Waals surface area contributed by atoms with Crippen LogP contribution in [-0.2, 0) is 0 Å². The van der Waals surface area contributed by atoms with E-state index in [2.05, 4.69) is 0 Å². The quantitative estimate of drug-likeness (QED) is 0.864. The van der Waals surface area contributed by atoms with E-state index in [1.807, 2.05) is 0 Å². The Balaban J connectivity index is 2.02. The molecule has 1 fully saturated rings. The van der Waals surface area contributed by atoms with Gasteiger partial charge in [0.05, 0.1) is 11.2 Å². The molecule has 0 atom stereocenters. The summed E-state index contributed by atoms with van der Waals surface area (Å²) in [6.07, 6.45) is 3.30. The van der Waals surface area contributed by atoms with E-state index in [-0.39, 0.29) is 17.9 Å². The smallest absolute Gasteiger partial charge is 0.338 e. The van der Waals surface area contributed by atoms with Crippen molar-refractivity contribution in [3.63, 3.8) is 0 Å². The number of aromatic carboxylic acids is 1. The first-order chi connectivity index (χ1) is 8.50. The second-order valence-electron chi connectivity index (χ2n) is 4.67. The maximum absolute atomic E-state index is 13.4. The molecule has 0 amide bonds. The number of hydrogen-bond acceptors (Lipinski definition) is 3. The minimum atomic E-state index is -1.31. The monoisotopic (exact) mass is 254 g/mol. The molecule has 2 N–H and O–H groups in total. The predicted octanol–water partition coefficient (Wildman–Crippen LogP) is 2.21. The highest BCUT2D eigenvalue weighted by Gasteiger charge is 2.31. The Kier molecular flexibility index (Phi) is 3.52. The number of carboxylic acid groups (broad SMARTS) is 1. The van der Waals surface area contributed by atoms with E-state index in [0.717, 1.165) is 25.0 Å². The van der Waals surface area contributed by atoms with Gasteiger partial charge >= 0.3 is 5.97 Å². The molecule has 0 radical (unpaired) electrons. The van der Waals surface area contributed by atoms with Gasteiger partial charge < -0.3 is 14.9 Å². The van der Waals surface area contributed by atoms with Gasteiger partial charge in [-0.3, -0.25) is 0 Å². The molecule has 1 aliphatic rings. The first kappa shape index (κ1) is 12.8. The molecular formula is C13H15FO4. The van der Waals surface area contributed by atoms with Crippen molar-refractivity contribution < 1.29 is 24.1 Å². The van der Waals surface area contributed by atoms with Gasteiger partial charge in [-0.05, 0) is 25.0 Å². The van der Waals surface area contributed by atoms with Crippen LogP contribution in [-0.4, -0.2) is 28.4 Å². The van der Waals surface area contributed by atoms with Crippen molar-refractivity contribution in [2.24, 2.45) is 0 Å². The Hall–Kier alpha value is -1.62. The summed E-state index contributed by atoms with van der Waals surface area (Å²) in [6, 6.07) is 3.58. The maximum Gasteiger partial charge on any atom is 0.338 e. The van der Waals surface area contributed by atoms with Crippen LogP contribution in [0.15, 0.2) is 18.2 Å². The molecule has 18 heavy (non-hydrogen) atoms. The third kappa shape index (κ3) is 2.79. The van der Waals surface area contributed by atoms with Crippen molar-refractivity contribution in [2.45, 2.75) is 31.3 Å². The van der Waals surface area contributed by atoms with Crippen LogP contribution in [0.5, 0.6) is 5.75 Å². The summed E-state index contributed by atoms with van der Waals surface area (Å²) in [5.41, 5.74) is -1.22. The molecular weight excluding hydrogens is 239 g/mol. The first-order valence-electron chi connectivity index (χ1n) is 5.88. The number of halogens is 1. The second kappa shape index (κ2) is 4.94. The molecule has 5 heteroatoms. The Labute approximate surface area is 104 Å². The first-order valence-corrected chi connectivity index (χ1v) is 5.88. The van der Waals surface area contributed by atoms with Crippen LogP contribution in [0, 0.1) is 5.82 Å². The normalized spacial score (nSPS) is 17.7. The number of rotatable bonds is 4. The zero-order chi connectivity index (χ0) is 13.2. The fourth-order valence-corrected chi connectivity index (χ4v) is 2.15. The molecule has 0 heterocycles. The topological polar surface area (TPSA) is 66.8 Å². The molecule has 98 valence electrons. The van der Waals surface area contributed by atoms with Crippen molar-refractivity contribution in [1.82, 2.24) is 0 Å². The number of ether oxygens (including phenoxy) is 1. The van der Waals surface area contributed by atoms with E-state index < -0.39 is 17.4 Å². The van der Waals surface area contributed by atoms with Crippen LogP contribution in [0.1, 0.15) is 36.0 Å². The molecule has 1 saturated carbocycles. The molecule has 2 rings (SSSR count). The Bertz CT molecular complexity index is 452. The van der Waals surface area contributed by atoms with Gasteiger partial charge in [0.25, 0.3) is 0 Å². The minimum Gasteiger partial charge on any atom is -0.490 e. The van der Waals surface area contributed by atoms with E-state index >= 15 is 0 Å². The van der Waals surface area contributed by atoms with E-state index in [9.17, 15) is 14.3 Å². The summed E-state index contributed by atoms with van der Waals surface area (Å²) in [5.74, 6) is -1.91. The number of carboxylic acids is 1. The molecule has 0 spiro atoms. The zero-order valence-corrected chi connectivity index (χ0v) is 9.86. The summed E-state index contributed by atoms with van der Waals surface area (Å²) >= 11 is 0. The van der Waals surface area contributed by atoms with Crippen LogP contribution in [0.2, 0.25) is 0 Å². The highest BCUT2D eigenvalue weighted by molar-refractivity contribution is 5.88. The lowest BCUT2D eigenvalue weighted by Gasteiger charge is -2.22. The average Bonchev–Trinajstić information content (AvgIpc) is 2.74. The van der Waals surface area contributed by atoms with Crippen molar-refractivity contribution in [3.8, 4) is 5.75 Å². The van der Waals surface area contributed by atoms with Crippen LogP contribution in [0.25, 0.3) is 0 Å². The van der Waals surface area contributed by atoms with Gasteiger partial charge in [-0.1, -0.05) is 12.8 Å². The van der Waals surface area contributed by atoms with Crippen LogP contribution in [0.4, 0.5) is 4.39 Å². The SMILES string of the molecule is O=C(O)c1ccc(OCC2(O)CCCC2)cc1F. The van der Waals surface area contributed by atoms with Crippen LogP contribution in [0.3, 0.4) is 0 Å². The summed E-state index contributed by atoms with van der Waals surface area (Å²) < 4.78 is 18.7. The Morgan fingerprint density at radius 3 is 2.61 bits per heavy atom. The number of aliphatic hydroxyl groups is 1. The van der Waals surface area contributed by atoms with Gasteiger partial charge in [0.15, 0.2) is 0 Å². The van der Waals surface area contributed by atoms with E-state index in [4.69, 9.17) is 9.84 Å². The average molecular weight is 254 g/mol. The summed E-state index contributed by atoms with van der Waals surface area (Å²) in [4.78, 5) is 10.6. The predicted molar refractivity (Wildman–Crippen MR) is 62.3 cm³/mol. The third-order valence-electron chi connectivity index (χ3n) is 3.21. The largest absolute Gasteiger partial charge is 0.490 e. The highest BCUT2D eigenvalue weighted by atomic mass is 19.1. The van der Waals surface area contributed by atoms with E-state index in [1.165, 1.54) is 6.07 Å². The molecule has 0 aliphatic heterocycles. The number of benzene rings is 1. The molecule has 0 saturated heterocycles. The van der Waals surface area contributed by atoms with Crippen LogP contribution < -0.4 is 4.74 Å². The summed E-state index contributed by atoms with van der Waals surface area (Å²) in [5, 5.41) is 18.7. The van der Waals surface area contributed by atoms with Crippen molar-refractivity contribution >= 4 is 5.97 Å². The molecule has 1 aromatic carbocycles. The van der Waals surface area contributed by atoms with Gasteiger partial charge in [-0.25, -0.2) is 9.18 Å². The van der Waals surface area contributed by atoms with Crippen molar-refractivity contribution in [2.75, 3.05) is 6.61 Å². The van der Waals surface area contributed by atoms with Gasteiger partial charge in [-0.15, -0.1) is 0 Å². The lowest BCUT2D eigenvalue weighted by molar-refractivity contribution is 0.00129. The van der Waals surface area contributed by atoms with Gasteiger partial charge in [-0.2, -0.15) is 0 Å². The third-order valence-corrected chi connectivity index (χ3v) is 3.21. The lowest BCUT2D eigenvalue weighted by atomic mass is 10.0. The zero-order valence-electron chi connectivity index (χ0n) is 9.86. The molecule has 1 aromatic rings. The molecule has 1 aliphatic carbocycles. The summed E-state index contributed by atoms with van der Waals surface area (Å²) in [7, 11) is 0. The molecule has 0 unspecified atom stereocenters. The second-order valence-corrected chi connectivity index (χ2v) is 4.67. The van der Waals surface area contributed by atoms with Crippen molar-refractivity contribution in [3.05, 3.63) is 29.6 Å². The van der Waals surface area contributed by atoms with Gasteiger partial charge in [0, 0.05) is 6.07 Å². The Morgan fingerprint density at radius 2 is 2.06 bits per heavy atom. The fraction of sp³-hybridized carbons (Fsp3) is 0.462. The minimum absolute atomic E-state index is 0.110. The summed E-state index contributed by atoms with van der Waals surface area (Å²) in [6.45, 7) is 0.110. The number of carbonyl (C=O) groups is 1. The lowest BCUT2D eigenvalue weighted by Crippen LogP contribution is -2.32. The maximum atomic E-state index is 13.4. The van der Waals surface area contributed by atoms with Gasteiger partial charge in [0.1, 0.15) is 18.2 Å². The van der Waals surface area contributed by atoms with Gasteiger partial charge in [0.2, 0.25) is 0 Å². The molecule has 0 aromatic heterocycles. The molecule has 0 bridgehead atoms. The van der Waals surface area contributed by atoms with Crippen molar-refractivity contribution in [1.29, 1.82) is 0 Å². The number of hydrogen-bond donors (Lipinski definition) is 2. The van der Waals surface area contributed by atoms with Crippen LogP contribution >= 0.6 is 0 Å². The van der Waals surface area contributed by atoms with E-state index in [1.54, 1.807) is 0 Å². The fourth-order valence-electron chi connectivity index (χ4n) is 2.15. The van der Waals surface area contributed by atoms with E-state index in [0.29, 0.717) is 12.8 Å².